The smallest absolute Gasteiger partial charge is 0.275 e. The lowest BCUT2D eigenvalue weighted by Crippen LogP contribution is -2.15. The van der Waals surface area contributed by atoms with Crippen molar-refractivity contribution in [3.05, 3.63) is 44.8 Å². The van der Waals surface area contributed by atoms with E-state index in [9.17, 15) is 4.79 Å². The molecule has 8 heteroatoms. The summed E-state index contributed by atoms with van der Waals surface area (Å²) in [4.78, 5) is 15.7. The fourth-order valence-corrected chi connectivity index (χ4v) is 2.35. The van der Waals surface area contributed by atoms with Gasteiger partial charge >= 0.3 is 0 Å². The molecule has 0 fully saturated rings. The summed E-state index contributed by atoms with van der Waals surface area (Å²) < 4.78 is 0.625. The highest BCUT2D eigenvalue weighted by atomic mass is 79.9. The summed E-state index contributed by atoms with van der Waals surface area (Å²) in [7, 11) is 0. The highest BCUT2D eigenvalue weighted by Gasteiger charge is 2.11. The van der Waals surface area contributed by atoms with Crippen molar-refractivity contribution in [2.24, 2.45) is 10.9 Å². The van der Waals surface area contributed by atoms with Gasteiger partial charge in [-0.1, -0.05) is 5.16 Å². The number of nitrogens with two attached hydrogens (primary N) is 1. The molecule has 0 saturated carbocycles. The molecule has 1 aromatic carbocycles. The minimum Gasteiger partial charge on any atom is -0.409 e. The van der Waals surface area contributed by atoms with Crippen LogP contribution in [0.25, 0.3) is 0 Å². The third kappa shape index (κ3) is 3.09. The molecule has 1 aromatic heterocycles. The summed E-state index contributed by atoms with van der Waals surface area (Å²) in [5.41, 5.74) is 8.54. The minimum absolute atomic E-state index is 0.00178. The predicted octanol–water partition coefficient (Wildman–Crippen LogP) is 2.25. The van der Waals surface area contributed by atoms with Gasteiger partial charge in [0, 0.05) is 15.4 Å². The van der Waals surface area contributed by atoms with Crippen LogP contribution in [0.1, 0.15) is 16.1 Å². The van der Waals surface area contributed by atoms with Gasteiger partial charge in [0.25, 0.3) is 5.91 Å². The van der Waals surface area contributed by atoms with Gasteiger partial charge in [-0.25, -0.2) is 4.98 Å². The molecule has 0 unspecified atom stereocenters. The number of anilines is 1. The van der Waals surface area contributed by atoms with Gasteiger partial charge in [0.1, 0.15) is 5.69 Å². The van der Waals surface area contributed by atoms with Crippen molar-refractivity contribution in [3.8, 4) is 0 Å². The monoisotopic (exact) mass is 340 g/mol. The summed E-state index contributed by atoms with van der Waals surface area (Å²) in [5, 5.41) is 15.9. The molecule has 0 bridgehead atoms. The maximum Gasteiger partial charge on any atom is 0.275 e. The normalized spacial score (nSPS) is 11.3. The molecule has 2 rings (SSSR count). The first kappa shape index (κ1) is 13.5. The van der Waals surface area contributed by atoms with E-state index in [0.29, 0.717) is 21.4 Å². The zero-order chi connectivity index (χ0) is 13.8. The fourth-order valence-electron chi connectivity index (χ4n) is 1.34. The second-order valence-electron chi connectivity index (χ2n) is 3.51. The van der Waals surface area contributed by atoms with E-state index >= 15 is 0 Å². The Hall–Kier alpha value is -1.93. The largest absolute Gasteiger partial charge is 0.409 e. The number of hydrogen-bond acceptors (Lipinski definition) is 5. The van der Waals surface area contributed by atoms with E-state index in [4.69, 9.17) is 10.9 Å². The molecule has 4 N–H and O–H groups in total. The molecule has 1 heterocycles. The first-order chi connectivity index (χ1) is 9.11. The Morgan fingerprint density at radius 1 is 1.53 bits per heavy atom. The number of halogens is 1. The van der Waals surface area contributed by atoms with Crippen LogP contribution in [0.3, 0.4) is 0 Å². The molecule has 19 heavy (non-hydrogen) atoms. The number of nitrogens with one attached hydrogen (secondary N) is 1. The van der Waals surface area contributed by atoms with Crippen molar-refractivity contribution in [3.63, 3.8) is 0 Å². The van der Waals surface area contributed by atoms with Crippen LogP contribution < -0.4 is 11.1 Å². The van der Waals surface area contributed by atoms with Crippen LogP contribution in [0.15, 0.2) is 38.7 Å². The van der Waals surface area contributed by atoms with Crippen LogP contribution in [0.5, 0.6) is 0 Å². The first-order valence-corrected chi connectivity index (χ1v) is 6.82. The molecular weight excluding hydrogens is 332 g/mol. The number of amides is 1. The van der Waals surface area contributed by atoms with Gasteiger partial charge in [-0.3, -0.25) is 4.79 Å². The number of carbonyl (C=O) groups excluding carboxylic acids is 1. The number of hydrogen-bond donors (Lipinski definition) is 3. The van der Waals surface area contributed by atoms with Crippen molar-refractivity contribution in [2.75, 3.05) is 5.32 Å². The van der Waals surface area contributed by atoms with Gasteiger partial charge in [0.05, 0.1) is 11.2 Å². The molecule has 0 saturated heterocycles. The second kappa shape index (κ2) is 5.81. The Balaban J connectivity index is 2.20. The predicted molar refractivity (Wildman–Crippen MR) is 76.7 cm³/mol. The standard InChI is InChI=1S/C11H9BrN4O2S/c12-7-3-6(10(13)16-18)1-2-8(7)15-11(17)9-4-19-5-14-9/h1-5,18H,(H2,13,16)(H,15,17). The van der Waals surface area contributed by atoms with Gasteiger partial charge < -0.3 is 16.3 Å². The average Bonchev–Trinajstić information content (AvgIpc) is 2.94. The molecule has 98 valence electrons. The van der Waals surface area contributed by atoms with E-state index in [2.05, 4.69) is 31.4 Å². The minimum atomic E-state index is -0.293. The molecule has 0 radical (unpaired) electrons. The van der Waals surface area contributed by atoms with Gasteiger partial charge in [0.2, 0.25) is 0 Å². The Kier molecular flexibility index (Phi) is 4.13. The summed E-state index contributed by atoms with van der Waals surface area (Å²) >= 11 is 4.66. The van der Waals surface area contributed by atoms with Crippen LogP contribution in [-0.2, 0) is 0 Å². The average molecular weight is 341 g/mol. The third-order valence-electron chi connectivity index (χ3n) is 2.29. The lowest BCUT2D eigenvalue weighted by Gasteiger charge is -2.07. The Labute approximate surface area is 121 Å². The van der Waals surface area contributed by atoms with Crippen LogP contribution in [0.4, 0.5) is 5.69 Å². The molecule has 0 aliphatic rings. The summed E-state index contributed by atoms with van der Waals surface area (Å²) in [6.07, 6.45) is 0. The molecule has 1 amide bonds. The van der Waals surface area contributed by atoms with Crippen molar-refractivity contribution in [1.29, 1.82) is 0 Å². The maximum absolute atomic E-state index is 11.8. The van der Waals surface area contributed by atoms with E-state index < -0.39 is 0 Å². The summed E-state index contributed by atoms with van der Waals surface area (Å²) in [6.45, 7) is 0. The van der Waals surface area contributed by atoms with Crippen LogP contribution in [0.2, 0.25) is 0 Å². The van der Waals surface area contributed by atoms with Crippen molar-refractivity contribution in [1.82, 2.24) is 4.98 Å². The van der Waals surface area contributed by atoms with Gasteiger partial charge in [-0.2, -0.15) is 0 Å². The molecule has 0 aliphatic heterocycles. The van der Waals surface area contributed by atoms with Crippen molar-refractivity contribution < 1.29 is 10.0 Å². The van der Waals surface area contributed by atoms with Crippen LogP contribution in [0, 0.1) is 0 Å². The third-order valence-corrected chi connectivity index (χ3v) is 3.53. The lowest BCUT2D eigenvalue weighted by atomic mass is 10.2. The number of nitrogens with zero attached hydrogens (tertiary/aromatic N) is 2. The summed E-state index contributed by atoms with van der Waals surface area (Å²) in [5.74, 6) is -0.295. The van der Waals surface area contributed by atoms with Crippen LogP contribution in [-0.4, -0.2) is 21.9 Å². The summed E-state index contributed by atoms with van der Waals surface area (Å²) in [6, 6.07) is 4.93. The fraction of sp³-hybridized carbons (Fsp3) is 0. The molecule has 0 spiro atoms. The van der Waals surface area contributed by atoms with E-state index in [-0.39, 0.29) is 11.7 Å². The molecule has 0 atom stereocenters. The zero-order valence-corrected chi connectivity index (χ0v) is 11.9. The highest BCUT2D eigenvalue weighted by Crippen LogP contribution is 2.24. The molecular formula is C11H9BrN4O2S. The van der Waals surface area contributed by atoms with E-state index in [0.717, 1.165) is 0 Å². The van der Waals surface area contributed by atoms with Crippen molar-refractivity contribution in [2.45, 2.75) is 0 Å². The number of carbonyl (C=O) groups is 1. The van der Waals surface area contributed by atoms with Gasteiger partial charge in [0.15, 0.2) is 5.84 Å². The lowest BCUT2D eigenvalue weighted by molar-refractivity contribution is 0.102. The second-order valence-corrected chi connectivity index (χ2v) is 5.08. The Bertz CT molecular complexity index is 628. The topological polar surface area (TPSA) is 101 Å². The molecule has 0 aliphatic carbocycles. The van der Waals surface area contributed by atoms with E-state index in [1.807, 2.05) is 0 Å². The van der Waals surface area contributed by atoms with Crippen LogP contribution >= 0.6 is 27.3 Å². The Morgan fingerprint density at radius 2 is 2.32 bits per heavy atom. The van der Waals surface area contributed by atoms with Gasteiger partial charge in [-0.05, 0) is 34.1 Å². The highest BCUT2D eigenvalue weighted by molar-refractivity contribution is 9.10. The number of aromatic nitrogens is 1. The molecule has 2 aromatic rings. The van der Waals surface area contributed by atoms with Crippen molar-refractivity contribution >= 4 is 44.7 Å². The molecule has 6 nitrogen and oxygen atoms in total. The zero-order valence-electron chi connectivity index (χ0n) is 9.50. The Morgan fingerprint density at radius 3 is 2.89 bits per heavy atom. The SMILES string of the molecule is N/C(=N/O)c1ccc(NC(=O)c2cscn2)c(Br)c1. The number of oxime groups is 1. The maximum atomic E-state index is 11.8. The van der Waals surface area contributed by atoms with E-state index in [1.165, 1.54) is 11.3 Å². The first-order valence-electron chi connectivity index (χ1n) is 5.09. The quantitative estimate of drug-likeness (QED) is 0.345. The number of rotatable bonds is 3. The number of benzene rings is 1. The number of amidine groups is 1. The van der Waals surface area contributed by atoms with E-state index in [1.54, 1.807) is 29.1 Å². The van der Waals surface area contributed by atoms with Gasteiger partial charge in [-0.15, -0.1) is 11.3 Å². The number of thiazole rings is 1.